The summed E-state index contributed by atoms with van der Waals surface area (Å²) in [7, 11) is 2.06. The van der Waals surface area contributed by atoms with Crippen LogP contribution in [0.2, 0.25) is 0 Å². The van der Waals surface area contributed by atoms with Gasteiger partial charge < -0.3 is 9.84 Å². The average molecular weight is 291 g/mol. The van der Waals surface area contributed by atoms with E-state index in [2.05, 4.69) is 24.4 Å². The number of nitrogens with one attached hydrogen (secondary N) is 1. The molecule has 1 N–H and O–H groups in total. The van der Waals surface area contributed by atoms with E-state index in [0.29, 0.717) is 12.0 Å². The first-order valence-electron chi connectivity index (χ1n) is 8.79. The third-order valence-corrected chi connectivity index (χ3v) is 5.70. The van der Waals surface area contributed by atoms with E-state index in [1.54, 1.807) is 0 Å². The highest BCUT2D eigenvalue weighted by Crippen LogP contribution is 2.38. The van der Waals surface area contributed by atoms with Gasteiger partial charge >= 0.3 is 0 Å². The molecule has 1 heterocycles. The van der Waals surface area contributed by atoms with Crippen molar-refractivity contribution in [1.29, 1.82) is 0 Å². The molecule has 2 aliphatic carbocycles. The zero-order chi connectivity index (χ0) is 14.7. The smallest absolute Gasteiger partial charge is 0.228 e. The summed E-state index contributed by atoms with van der Waals surface area (Å²) in [6, 6.07) is 0.493. The van der Waals surface area contributed by atoms with Gasteiger partial charge in [-0.1, -0.05) is 31.3 Å². The van der Waals surface area contributed by atoms with Gasteiger partial charge in [0, 0.05) is 18.4 Å². The van der Waals surface area contributed by atoms with E-state index < -0.39 is 0 Å². The van der Waals surface area contributed by atoms with Crippen LogP contribution in [0.3, 0.4) is 0 Å². The summed E-state index contributed by atoms with van der Waals surface area (Å²) in [5, 5.41) is 7.73. The Kier molecular flexibility index (Phi) is 4.94. The van der Waals surface area contributed by atoms with Crippen LogP contribution in [-0.4, -0.2) is 23.2 Å². The van der Waals surface area contributed by atoms with Crippen LogP contribution < -0.4 is 5.32 Å². The van der Waals surface area contributed by atoms with Crippen molar-refractivity contribution in [3.05, 3.63) is 11.7 Å². The Morgan fingerprint density at radius 3 is 2.71 bits per heavy atom. The summed E-state index contributed by atoms with van der Waals surface area (Å²) < 4.78 is 5.54. The van der Waals surface area contributed by atoms with E-state index in [1.165, 1.54) is 51.4 Å². The predicted molar refractivity (Wildman–Crippen MR) is 83.2 cm³/mol. The second-order valence-corrected chi connectivity index (χ2v) is 6.97. The molecule has 1 aromatic heterocycles. The molecule has 2 saturated carbocycles. The summed E-state index contributed by atoms with van der Waals surface area (Å²) in [5.74, 6) is 3.96. The quantitative estimate of drug-likeness (QED) is 0.868. The van der Waals surface area contributed by atoms with Crippen molar-refractivity contribution in [2.45, 2.75) is 76.7 Å². The SMILES string of the molecule is CCC1CCC(c2noc(CC(NC)C3CCCC3)n2)C1. The minimum atomic E-state index is 0.493. The molecule has 0 bridgehead atoms. The lowest BCUT2D eigenvalue weighted by molar-refractivity contribution is 0.316. The molecular weight excluding hydrogens is 262 g/mol. The Bertz CT molecular complexity index is 439. The minimum absolute atomic E-state index is 0.493. The lowest BCUT2D eigenvalue weighted by Gasteiger charge is -2.20. The van der Waals surface area contributed by atoms with E-state index >= 15 is 0 Å². The van der Waals surface area contributed by atoms with Gasteiger partial charge in [-0.2, -0.15) is 4.98 Å². The highest BCUT2D eigenvalue weighted by molar-refractivity contribution is 5.01. The van der Waals surface area contributed by atoms with Gasteiger partial charge in [0.2, 0.25) is 5.89 Å². The molecule has 0 amide bonds. The van der Waals surface area contributed by atoms with Crippen molar-refractivity contribution in [3.8, 4) is 0 Å². The molecule has 118 valence electrons. The maximum Gasteiger partial charge on any atom is 0.228 e. The molecule has 4 nitrogen and oxygen atoms in total. The first-order chi connectivity index (χ1) is 10.3. The summed E-state index contributed by atoms with van der Waals surface area (Å²) >= 11 is 0. The molecule has 4 heteroatoms. The number of likely N-dealkylation sites (N-methyl/N-ethyl adjacent to an activating group) is 1. The second kappa shape index (κ2) is 6.91. The fourth-order valence-corrected chi connectivity index (χ4v) is 4.25. The van der Waals surface area contributed by atoms with Crippen molar-refractivity contribution >= 4 is 0 Å². The van der Waals surface area contributed by atoms with E-state index in [-0.39, 0.29) is 0 Å². The summed E-state index contributed by atoms with van der Waals surface area (Å²) in [5.41, 5.74) is 0. The Morgan fingerprint density at radius 1 is 1.24 bits per heavy atom. The van der Waals surface area contributed by atoms with E-state index in [4.69, 9.17) is 9.51 Å². The van der Waals surface area contributed by atoms with Gasteiger partial charge in [-0.25, -0.2) is 0 Å². The third kappa shape index (κ3) is 3.47. The zero-order valence-electron chi connectivity index (χ0n) is 13.5. The molecule has 2 fully saturated rings. The first-order valence-corrected chi connectivity index (χ1v) is 8.79. The number of nitrogens with zero attached hydrogens (tertiary/aromatic N) is 2. The van der Waals surface area contributed by atoms with E-state index in [0.717, 1.165) is 30.0 Å². The molecule has 0 radical (unpaired) electrons. The van der Waals surface area contributed by atoms with Gasteiger partial charge in [-0.15, -0.1) is 0 Å². The molecule has 0 saturated heterocycles. The molecule has 1 aromatic rings. The summed E-state index contributed by atoms with van der Waals surface area (Å²) in [6.45, 7) is 2.29. The van der Waals surface area contributed by atoms with Gasteiger partial charge in [-0.05, 0) is 51.0 Å². The molecule has 3 unspecified atom stereocenters. The molecule has 21 heavy (non-hydrogen) atoms. The van der Waals surface area contributed by atoms with Gasteiger partial charge in [0.1, 0.15) is 0 Å². The van der Waals surface area contributed by atoms with Crippen LogP contribution in [0.25, 0.3) is 0 Å². The molecule has 0 aliphatic heterocycles. The van der Waals surface area contributed by atoms with Crippen LogP contribution in [0.4, 0.5) is 0 Å². The van der Waals surface area contributed by atoms with E-state index in [1.807, 2.05) is 0 Å². The van der Waals surface area contributed by atoms with Crippen molar-refractivity contribution in [3.63, 3.8) is 0 Å². The van der Waals surface area contributed by atoms with Gasteiger partial charge in [0.15, 0.2) is 5.82 Å². The number of hydrogen-bond donors (Lipinski definition) is 1. The minimum Gasteiger partial charge on any atom is -0.339 e. The summed E-state index contributed by atoms with van der Waals surface area (Å²) in [6.07, 6.45) is 11.4. The fraction of sp³-hybridized carbons (Fsp3) is 0.882. The highest BCUT2D eigenvalue weighted by atomic mass is 16.5. The van der Waals surface area contributed by atoms with Crippen LogP contribution in [-0.2, 0) is 6.42 Å². The maximum atomic E-state index is 5.54. The Morgan fingerprint density at radius 2 is 2.05 bits per heavy atom. The standard InChI is InChI=1S/C17H29N3O/c1-3-12-8-9-14(10-12)17-19-16(21-20-17)11-15(18-2)13-6-4-5-7-13/h12-15,18H,3-11H2,1-2H3. The van der Waals surface area contributed by atoms with E-state index in [9.17, 15) is 0 Å². The van der Waals surface area contributed by atoms with Crippen LogP contribution in [0.1, 0.15) is 75.9 Å². The lowest BCUT2D eigenvalue weighted by Crippen LogP contribution is -2.34. The van der Waals surface area contributed by atoms with Crippen LogP contribution in [0, 0.1) is 11.8 Å². The Hall–Kier alpha value is -0.900. The number of rotatable bonds is 6. The van der Waals surface area contributed by atoms with Crippen LogP contribution >= 0.6 is 0 Å². The third-order valence-electron chi connectivity index (χ3n) is 5.70. The number of hydrogen-bond acceptors (Lipinski definition) is 4. The predicted octanol–water partition coefficient (Wildman–Crippen LogP) is 3.68. The monoisotopic (exact) mass is 291 g/mol. The molecule has 0 aromatic carbocycles. The fourth-order valence-electron chi connectivity index (χ4n) is 4.25. The van der Waals surface area contributed by atoms with Crippen molar-refractivity contribution < 1.29 is 4.52 Å². The zero-order valence-corrected chi connectivity index (χ0v) is 13.5. The first kappa shape index (κ1) is 15.0. The largest absolute Gasteiger partial charge is 0.339 e. The number of aromatic nitrogens is 2. The van der Waals surface area contributed by atoms with Gasteiger partial charge in [0.05, 0.1) is 0 Å². The van der Waals surface area contributed by atoms with Crippen molar-refractivity contribution in [2.24, 2.45) is 11.8 Å². The normalized spacial score (nSPS) is 28.3. The molecule has 3 rings (SSSR count). The van der Waals surface area contributed by atoms with Gasteiger partial charge in [-0.3, -0.25) is 0 Å². The topological polar surface area (TPSA) is 51.0 Å². The average Bonchev–Trinajstić information content (AvgIpc) is 3.23. The Labute approximate surface area is 128 Å². The molecule has 3 atom stereocenters. The van der Waals surface area contributed by atoms with Gasteiger partial charge in [0.25, 0.3) is 0 Å². The lowest BCUT2D eigenvalue weighted by atomic mass is 9.95. The van der Waals surface area contributed by atoms with Crippen LogP contribution in [0.15, 0.2) is 4.52 Å². The van der Waals surface area contributed by atoms with Crippen molar-refractivity contribution in [1.82, 2.24) is 15.5 Å². The highest BCUT2D eigenvalue weighted by Gasteiger charge is 2.30. The Balaban J connectivity index is 1.59. The summed E-state index contributed by atoms with van der Waals surface area (Å²) in [4.78, 5) is 4.70. The molecule has 2 aliphatic rings. The molecular formula is C17H29N3O. The second-order valence-electron chi connectivity index (χ2n) is 6.97. The maximum absolute atomic E-state index is 5.54. The van der Waals surface area contributed by atoms with Crippen molar-refractivity contribution in [2.75, 3.05) is 7.05 Å². The van der Waals surface area contributed by atoms with Crippen LogP contribution in [0.5, 0.6) is 0 Å². The molecule has 0 spiro atoms.